The van der Waals surface area contributed by atoms with E-state index in [1.807, 2.05) is 13.8 Å². The van der Waals surface area contributed by atoms with E-state index in [1.54, 1.807) is 20.8 Å². The number of carbonyl (C=O) groups is 2. The Hall–Kier alpha value is -1.30. The van der Waals surface area contributed by atoms with Crippen LogP contribution in [0.25, 0.3) is 0 Å². The maximum atomic E-state index is 11.8. The molecule has 6 heteroatoms. The van der Waals surface area contributed by atoms with E-state index in [-0.39, 0.29) is 12.5 Å². The largest absolute Gasteiger partial charge is 0.464 e. The Morgan fingerprint density at radius 3 is 2.26 bits per heavy atom. The molecule has 0 fully saturated rings. The molecule has 1 atom stereocenters. The van der Waals surface area contributed by atoms with Crippen LogP contribution in [-0.2, 0) is 14.3 Å². The molecule has 0 bridgehead atoms. The summed E-state index contributed by atoms with van der Waals surface area (Å²) in [6.07, 6.45) is -0.0230. The van der Waals surface area contributed by atoms with Crippen molar-refractivity contribution < 1.29 is 19.1 Å². The quantitative estimate of drug-likeness (QED) is 0.565. The van der Waals surface area contributed by atoms with Crippen molar-refractivity contribution in [1.82, 2.24) is 5.32 Å². The molecular weight excluding hydrogens is 248 g/mol. The van der Waals surface area contributed by atoms with Crippen molar-refractivity contribution in [2.75, 3.05) is 13.2 Å². The first-order valence-electron chi connectivity index (χ1n) is 6.53. The van der Waals surface area contributed by atoms with Crippen molar-refractivity contribution in [2.24, 2.45) is 11.7 Å². The van der Waals surface area contributed by atoms with Gasteiger partial charge in [0.15, 0.2) is 0 Å². The summed E-state index contributed by atoms with van der Waals surface area (Å²) >= 11 is 0. The number of nitrogens with one attached hydrogen (secondary N) is 1. The number of hydrogen-bond acceptors (Lipinski definition) is 5. The number of nitrogens with two attached hydrogens (primary N) is 1. The highest BCUT2D eigenvalue weighted by Gasteiger charge is 2.27. The Kier molecular flexibility index (Phi) is 7.44. The lowest BCUT2D eigenvalue weighted by molar-refractivity contribution is -0.147. The van der Waals surface area contributed by atoms with Crippen LogP contribution >= 0.6 is 0 Å². The van der Waals surface area contributed by atoms with E-state index in [0.29, 0.717) is 13.0 Å². The monoisotopic (exact) mass is 274 g/mol. The lowest BCUT2D eigenvalue weighted by Gasteiger charge is -2.24. The average Bonchev–Trinajstić information content (AvgIpc) is 2.23. The minimum Gasteiger partial charge on any atom is -0.464 e. The summed E-state index contributed by atoms with van der Waals surface area (Å²) < 4.78 is 10.2. The second-order valence-corrected chi connectivity index (χ2v) is 5.68. The molecular formula is C13H26N2O4. The van der Waals surface area contributed by atoms with Crippen LogP contribution in [0.3, 0.4) is 0 Å². The Bertz CT molecular complexity index is 298. The summed E-state index contributed by atoms with van der Waals surface area (Å²) in [6, 6.07) is -0.715. The normalized spacial score (nSPS) is 13.0. The van der Waals surface area contributed by atoms with Gasteiger partial charge in [0.25, 0.3) is 0 Å². The van der Waals surface area contributed by atoms with Crippen molar-refractivity contribution in [3.05, 3.63) is 0 Å². The van der Waals surface area contributed by atoms with Crippen LogP contribution in [0.5, 0.6) is 0 Å². The fourth-order valence-electron chi connectivity index (χ4n) is 1.28. The number of esters is 1. The van der Waals surface area contributed by atoms with E-state index in [9.17, 15) is 9.59 Å². The summed E-state index contributed by atoms with van der Waals surface area (Å²) in [4.78, 5) is 23.5. The molecule has 0 rings (SSSR count). The first kappa shape index (κ1) is 17.7. The summed E-state index contributed by atoms with van der Waals surface area (Å²) in [5, 5.41) is 2.53. The summed E-state index contributed by atoms with van der Waals surface area (Å²) in [7, 11) is 0. The van der Waals surface area contributed by atoms with Crippen molar-refractivity contribution in [3.63, 3.8) is 0 Å². The Balaban J connectivity index is 4.40. The van der Waals surface area contributed by atoms with Gasteiger partial charge in [-0.05, 0) is 39.7 Å². The van der Waals surface area contributed by atoms with Crippen LogP contribution in [0.15, 0.2) is 0 Å². The molecule has 1 amide bonds. The summed E-state index contributed by atoms with van der Waals surface area (Å²) in [6.45, 7) is 9.65. The van der Waals surface area contributed by atoms with Gasteiger partial charge in [0.05, 0.1) is 6.61 Å². The zero-order chi connectivity index (χ0) is 15.1. The summed E-state index contributed by atoms with van der Waals surface area (Å²) in [5.41, 5.74) is 4.72. The molecule has 0 saturated heterocycles. The molecule has 0 aromatic carbocycles. The van der Waals surface area contributed by atoms with Gasteiger partial charge in [0, 0.05) is 0 Å². The fourth-order valence-corrected chi connectivity index (χ4v) is 1.28. The third kappa shape index (κ3) is 8.42. The lowest BCUT2D eigenvalue weighted by Crippen LogP contribution is -2.47. The molecule has 0 aliphatic carbocycles. The van der Waals surface area contributed by atoms with Crippen molar-refractivity contribution >= 4 is 12.1 Å². The van der Waals surface area contributed by atoms with Crippen molar-refractivity contribution in [1.29, 1.82) is 0 Å². The van der Waals surface area contributed by atoms with Crippen LogP contribution in [0.2, 0.25) is 0 Å². The van der Waals surface area contributed by atoms with Crippen LogP contribution in [0, 0.1) is 5.92 Å². The zero-order valence-corrected chi connectivity index (χ0v) is 12.5. The van der Waals surface area contributed by atoms with Gasteiger partial charge in [-0.2, -0.15) is 0 Å². The van der Waals surface area contributed by atoms with Gasteiger partial charge in [-0.1, -0.05) is 13.8 Å². The van der Waals surface area contributed by atoms with Crippen molar-refractivity contribution in [3.8, 4) is 0 Å². The third-order valence-electron chi connectivity index (χ3n) is 2.19. The number of amides is 1. The minimum absolute atomic E-state index is 0.0853. The van der Waals surface area contributed by atoms with E-state index >= 15 is 0 Å². The molecule has 0 aliphatic rings. The standard InChI is InChI=1S/C13H26N2O4/c1-9(2)10(11(16)18-8-6-7-14)15-12(17)19-13(3,4)5/h9-10H,6-8,14H2,1-5H3,(H,15,17)/t10-/m1/s1. The first-order chi connectivity index (χ1) is 8.67. The van der Waals surface area contributed by atoms with Crippen LogP contribution in [0.1, 0.15) is 41.0 Å². The number of hydrogen-bond donors (Lipinski definition) is 2. The molecule has 112 valence electrons. The number of ether oxygens (including phenoxy) is 2. The Morgan fingerprint density at radius 2 is 1.84 bits per heavy atom. The maximum Gasteiger partial charge on any atom is 0.408 e. The molecule has 0 aromatic heterocycles. The van der Waals surface area contributed by atoms with Crippen LogP contribution in [0.4, 0.5) is 4.79 Å². The highest BCUT2D eigenvalue weighted by atomic mass is 16.6. The second kappa shape index (κ2) is 7.99. The van der Waals surface area contributed by atoms with Gasteiger partial charge in [-0.25, -0.2) is 9.59 Å². The molecule has 0 unspecified atom stereocenters. The predicted molar refractivity (Wildman–Crippen MR) is 72.6 cm³/mol. The molecule has 0 aliphatic heterocycles. The molecule has 0 heterocycles. The average molecular weight is 274 g/mol. The molecule has 19 heavy (non-hydrogen) atoms. The maximum absolute atomic E-state index is 11.8. The molecule has 6 nitrogen and oxygen atoms in total. The van der Waals surface area contributed by atoms with Gasteiger partial charge in [-0.3, -0.25) is 0 Å². The van der Waals surface area contributed by atoms with Gasteiger partial charge < -0.3 is 20.5 Å². The molecule has 3 N–H and O–H groups in total. The highest BCUT2D eigenvalue weighted by molar-refractivity contribution is 5.81. The Morgan fingerprint density at radius 1 is 1.26 bits per heavy atom. The zero-order valence-electron chi connectivity index (χ0n) is 12.5. The van der Waals surface area contributed by atoms with E-state index in [2.05, 4.69) is 5.32 Å². The van der Waals surface area contributed by atoms with Gasteiger partial charge in [0.1, 0.15) is 11.6 Å². The SMILES string of the molecule is CC(C)[C@@H](NC(=O)OC(C)(C)C)C(=O)OCCCN. The number of rotatable bonds is 6. The van der Waals surface area contributed by atoms with Gasteiger partial charge in [-0.15, -0.1) is 0 Å². The smallest absolute Gasteiger partial charge is 0.408 e. The predicted octanol–water partition coefficient (Wildman–Crippen LogP) is 1.43. The third-order valence-corrected chi connectivity index (χ3v) is 2.19. The minimum atomic E-state index is -0.715. The fraction of sp³-hybridized carbons (Fsp3) is 0.846. The van der Waals surface area contributed by atoms with Crippen molar-refractivity contribution in [2.45, 2.75) is 52.7 Å². The van der Waals surface area contributed by atoms with Gasteiger partial charge >= 0.3 is 12.1 Å². The van der Waals surface area contributed by atoms with E-state index in [4.69, 9.17) is 15.2 Å². The molecule has 0 aromatic rings. The van der Waals surface area contributed by atoms with Crippen LogP contribution in [-0.4, -0.2) is 36.9 Å². The molecule has 0 spiro atoms. The number of alkyl carbamates (subject to hydrolysis) is 1. The van der Waals surface area contributed by atoms with E-state index in [0.717, 1.165) is 0 Å². The summed E-state index contributed by atoms with van der Waals surface area (Å²) in [5.74, 6) is -0.549. The first-order valence-corrected chi connectivity index (χ1v) is 6.53. The Labute approximate surface area is 115 Å². The molecule has 0 radical (unpaired) electrons. The van der Waals surface area contributed by atoms with E-state index < -0.39 is 23.7 Å². The topological polar surface area (TPSA) is 90.6 Å². The van der Waals surface area contributed by atoms with Crippen LogP contribution < -0.4 is 11.1 Å². The second-order valence-electron chi connectivity index (χ2n) is 5.68. The lowest BCUT2D eigenvalue weighted by atomic mass is 10.1. The van der Waals surface area contributed by atoms with Gasteiger partial charge in [0.2, 0.25) is 0 Å². The molecule has 0 saturated carbocycles. The number of carbonyl (C=O) groups excluding carboxylic acids is 2. The van der Waals surface area contributed by atoms with E-state index in [1.165, 1.54) is 0 Å². The highest BCUT2D eigenvalue weighted by Crippen LogP contribution is 2.09.